The van der Waals surface area contributed by atoms with Gasteiger partial charge in [0, 0.05) is 28.2 Å². The van der Waals surface area contributed by atoms with Gasteiger partial charge in [0.1, 0.15) is 0 Å². The molecule has 0 amide bonds. The molecule has 1 unspecified atom stereocenters. The van der Waals surface area contributed by atoms with E-state index < -0.39 is 0 Å². The second kappa shape index (κ2) is 9.04. The lowest BCUT2D eigenvalue weighted by molar-refractivity contribution is 0.847. The highest BCUT2D eigenvalue weighted by molar-refractivity contribution is 14.0. The lowest BCUT2D eigenvalue weighted by atomic mass is 10.4. The third-order valence-electron chi connectivity index (χ3n) is 1.96. The zero-order valence-corrected chi connectivity index (χ0v) is 14.5. The van der Waals surface area contributed by atoms with Crippen LogP contribution in [0.25, 0.3) is 0 Å². The molecule has 0 fully saturated rings. The Hall–Kier alpha value is 0.0500. The fourth-order valence-corrected chi connectivity index (χ4v) is 2.30. The van der Waals surface area contributed by atoms with E-state index in [-0.39, 0.29) is 24.0 Å². The third kappa shape index (κ3) is 7.15. The van der Waals surface area contributed by atoms with Crippen LogP contribution in [0.4, 0.5) is 0 Å². The van der Waals surface area contributed by atoms with Crippen molar-refractivity contribution in [3.63, 3.8) is 0 Å². The second-order valence-corrected chi connectivity index (χ2v) is 5.80. The van der Waals surface area contributed by atoms with E-state index in [0.717, 1.165) is 11.0 Å². The van der Waals surface area contributed by atoms with Gasteiger partial charge in [-0.2, -0.15) is 0 Å². The summed E-state index contributed by atoms with van der Waals surface area (Å²) >= 11 is 5.23. The lowest BCUT2D eigenvalue weighted by Gasteiger charge is -2.12. The lowest BCUT2D eigenvalue weighted by Crippen LogP contribution is -2.35. The van der Waals surface area contributed by atoms with Crippen LogP contribution in [0.5, 0.6) is 0 Å². The molecule has 0 saturated heterocycles. The molecule has 96 valence electrons. The predicted octanol–water partition coefficient (Wildman–Crippen LogP) is 3.08. The summed E-state index contributed by atoms with van der Waals surface area (Å²) < 4.78 is 1.10. The van der Waals surface area contributed by atoms with Gasteiger partial charge >= 0.3 is 0 Å². The molecule has 0 heterocycles. The smallest absolute Gasteiger partial charge is 0.188 e. The first-order chi connectivity index (χ1) is 7.61. The van der Waals surface area contributed by atoms with Gasteiger partial charge in [-0.3, -0.25) is 4.99 Å². The standard InChI is InChI=1S/C11H16BrN3S.HI/c1-8(7-15-11(13)14-2)16-10-5-3-9(12)4-6-10;/h3-6,8H,7H2,1-2H3,(H3,13,14,15);1H. The maximum atomic E-state index is 5.56. The molecule has 6 heteroatoms. The molecule has 1 atom stereocenters. The van der Waals surface area contributed by atoms with Crippen LogP contribution in [0, 0.1) is 0 Å². The molecule has 0 aliphatic rings. The topological polar surface area (TPSA) is 50.4 Å². The molecule has 0 radical (unpaired) electrons. The van der Waals surface area contributed by atoms with Crippen molar-refractivity contribution in [1.82, 2.24) is 5.32 Å². The highest BCUT2D eigenvalue weighted by Crippen LogP contribution is 2.24. The maximum absolute atomic E-state index is 5.56. The van der Waals surface area contributed by atoms with Crippen molar-refractivity contribution in [3.8, 4) is 0 Å². The van der Waals surface area contributed by atoms with Crippen molar-refractivity contribution in [2.45, 2.75) is 17.1 Å². The van der Waals surface area contributed by atoms with Gasteiger partial charge in [0.25, 0.3) is 0 Å². The Kier molecular flexibility index (Phi) is 9.07. The third-order valence-corrected chi connectivity index (χ3v) is 3.60. The van der Waals surface area contributed by atoms with Crippen molar-refractivity contribution in [2.24, 2.45) is 10.7 Å². The summed E-state index contributed by atoms with van der Waals surface area (Å²) in [6.07, 6.45) is 0. The summed E-state index contributed by atoms with van der Waals surface area (Å²) in [5.41, 5.74) is 5.56. The van der Waals surface area contributed by atoms with E-state index in [1.54, 1.807) is 7.05 Å². The first kappa shape index (κ1) is 17.1. The minimum atomic E-state index is 0. The quantitative estimate of drug-likeness (QED) is 0.334. The van der Waals surface area contributed by atoms with Crippen molar-refractivity contribution in [3.05, 3.63) is 28.7 Å². The van der Waals surface area contributed by atoms with E-state index >= 15 is 0 Å². The zero-order valence-electron chi connectivity index (χ0n) is 9.81. The summed E-state index contributed by atoms with van der Waals surface area (Å²) in [5.74, 6) is 0.489. The molecule has 3 nitrogen and oxygen atoms in total. The number of halogens is 2. The van der Waals surface area contributed by atoms with E-state index in [1.165, 1.54) is 4.90 Å². The Morgan fingerprint density at radius 1 is 1.47 bits per heavy atom. The predicted molar refractivity (Wildman–Crippen MR) is 90.4 cm³/mol. The van der Waals surface area contributed by atoms with Crippen molar-refractivity contribution >= 4 is 57.6 Å². The largest absolute Gasteiger partial charge is 0.370 e. The minimum Gasteiger partial charge on any atom is -0.370 e. The van der Waals surface area contributed by atoms with E-state index in [4.69, 9.17) is 5.73 Å². The van der Waals surface area contributed by atoms with E-state index in [9.17, 15) is 0 Å². The first-order valence-corrected chi connectivity index (χ1v) is 6.67. The van der Waals surface area contributed by atoms with Crippen LogP contribution in [0.15, 0.2) is 38.6 Å². The number of rotatable bonds is 4. The molecule has 0 saturated carbocycles. The number of nitrogens with one attached hydrogen (secondary N) is 1. The Labute approximate surface area is 132 Å². The van der Waals surface area contributed by atoms with Crippen LogP contribution >= 0.6 is 51.7 Å². The minimum absolute atomic E-state index is 0. The SMILES string of the molecule is CN=C(N)NCC(C)Sc1ccc(Br)cc1.I. The number of nitrogens with zero attached hydrogens (tertiary/aromatic N) is 1. The number of aliphatic imine (C=N–C) groups is 1. The Morgan fingerprint density at radius 3 is 2.59 bits per heavy atom. The van der Waals surface area contributed by atoms with Gasteiger partial charge in [-0.05, 0) is 24.3 Å². The summed E-state index contributed by atoms with van der Waals surface area (Å²) in [5, 5.41) is 3.51. The summed E-state index contributed by atoms with van der Waals surface area (Å²) in [7, 11) is 1.68. The molecule has 0 aromatic heterocycles. The number of thioether (sulfide) groups is 1. The molecule has 1 rings (SSSR count). The van der Waals surface area contributed by atoms with Crippen molar-refractivity contribution < 1.29 is 0 Å². The number of hydrogen-bond donors (Lipinski definition) is 2. The van der Waals surface area contributed by atoms with Crippen LogP contribution in [0.1, 0.15) is 6.92 Å². The molecular weight excluding hydrogens is 413 g/mol. The van der Waals surface area contributed by atoms with Crippen molar-refractivity contribution in [2.75, 3.05) is 13.6 Å². The molecule has 3 N–H and O–H groups in total. The Balaban J connectivity index is 0.00000256. The fourth-order valence-electron chi connectivity index (χ4n) is 1.11. The maximum Gasteiger partial charge on any atom is 0.188 e. The average molecular weight is 430 g/mol. The van der Waals surface area contributed by atoms with Gasteiger partial charge in [-0.25, -0.2) is 0 Å². The van der Waals surface area contributed by atoms with Crippen molar-refractivity contribution in [1.29, 1.82) is 0 Å². The molecule has 1 aromatic carbocycles. The summed E-state index contributed by atoms with van der Waals surface area (Å²) in [6.45, 7) is 2.96. The monoisotopic (exact) mass is 429 g/mol. The Bertz CT molecular complexity index is 356. The van der Waals surface area contributed by atoms with Gasteiger partial charge in [0.05, 0.1) is 0 Å². The van der Waals surface area contributed by atoms with E-state index in [1.807, 2.05) is 23.9 Å². The average Bonchev–Trinajstić information content (AvgIpc) is 2.29. The molecule has 17 heavy (non-hydrogen) atoms. The summed E-state index contributed by atoms with van der Waals surface area (Å²) in [4.78, 5) is 5.10. The molecule has 0 aliphatic heterocycles. The van der Waals surface area contributed by atoms with Gasteiger partial charge in [0.15, 0.2) is 5.96 Å². The van der Waals surface area contributed by atoms with Gasteiger partial charge in [-0.1, -0.05) is 22.9 Å². The normalized spacial score (nSPS) is 12.8. The van der Waals surface area contributed by atoms with Gasteiger partial charge in [0.2, 0.25) is 0 Å². The van der Waals surface area contributed by atoms with Crippen LogP contribution in [-0.4, -0.2) is 24.8 Å². The summed E-state index contributed by atoms with van der Waals surface area (Å²) in [6, 6.07) is 8.29. The fraction of sp³-hybridized carbons (Fsp3) is 0.364. The molecular formula is C11H17BrIN3S. The number of nitrogens with two attached hydrogens (primary N) is 1. The van der Waals surface area contributed by atoms with Gasteiger partial charge in [-0.15, -0.1) is 35.7 Å². The second-order valence-electron chi connectivity index (χ2n) is 3.37. The highest BCUT2D eigenvalue weighted by atomic mass is 127. The first-order valence-electron chi connectivity index (χ1n) is 5.00. The molecule has 0 aliphatic carbocycles. The van der Waals surface area contributed by atoms with E-state index in [2.05, 4.69) is 45.3 Å². The number of benzene rings is 1. The molecule has 1 aromatic rings. The van der Waals surface area contributed by atoms with E-state index in [0.29, 0.717) is 11.2 Å². The number of guanidine groups is 1. The van der Waals surface area contributed by atoms with Crippen LogP contribution < -0.4 is 11.1 Å². The van der Waals surface area contributed by atoms with Crippen LogP contribution in [-0.2, 0) is 0 Å². The highest BCUT2D eigenvalue weighted by Gasteiger charge is 2.04. The molecule has 0 spiro atoms. The van der Waals surface area contributed by atoms with Gasteiger partial charge < -0.3 is 11.1 Å². The van der Waals surface area contributed by atoms with Crippen LogP contribution in [0.2, 0.25) is 0 Å². The number of hydrogen-bond acceptors (Lipinski definition) is 2. The molecule has 0 bridgehead atoms. The Morgan fingerprint density at radius 2 is 2.06 bits per heavy atom. The zero-order chi connectivity index (χ0) is 12.0. The van der Waals surface area contributed by atoms with Crippen LogP contribution in [0.3, 0.4) is 0 Å².